The Hall–Kier alpha value is -3.25. The van der Waals surface area contributed by atoms with Crippen molar-refractivity contribution < 1.29 is 9.18 Å². The Bertz CT molecular complexity index is 1170. The molecule has 0 bridgehead atoms. The van der Waals surface area contributed by atoms with Crippen LogP contribution in [0.2, 0.25) is 0 Å². The number of hydrogen-bond acceptors (Lipinski definition) is 2. The Kier molecular flexibility index (Phi) is 5.04. The first-order valence-corrected chi connectivity index (χ1v) is 9.37. The molecule has 0 fully saturated rings. The van der Waals surface area contributed by atoms with E-state index in [2.05, 4.69) is 31.4 Å². The Morgan fingerprint density at radius 1 is 1.04 bits per heavy atom. The minimum absolute atomic E-state index is 0.321. The van der Waals surface area contributed by atoms with Crippen LogP contribution in [0.4, 0.5) is 4.39 Å². The lowest BCUT2D eigenvalue weighted by Crippen LogP contribution is -2.18. The molecule has 1 heterocycles. The number of aromatic amines is 1. The van der Waals surface area contributed by atoms with Crippen LogP contribution in [0, 0.1) is 5.82 Å². The van der Waals surface area contributed by atoms with Gasteiger partial charge < -0.3 is 4.98 Å². The number of nitrogens with one attached hydrogen (secondary N) is 2. The van der Waals surface area contributed by atoms with Crippen molar-refractivity contribution in [2.45, 2.75) is 0 Å². The second-order valence-corrected chi connectivity index (χ2v) is 7.10. The maximum absolute atomic E-state index is 13.0. The minimum atomic E-state index is -0.357. The maximum atomic E-state index is 13.0. The first-order chi connectivity index (χ1) is 13.6. The van der Waals surface area contributed by atoms with Gasteiger partial charge in [0, 0.05) is 20.9 Å². The number of carbonyl (C=O) groups excluding carboxylic acids is 1. The van der Waals surface area contributed by atoms with Crippen molar-refractivity contribution in [3.8, 4) is 11.1 Å². The monoisotopic (exact) mass is 435 g/mol. The topological polar surface area (TPSA) is 57.2 Å². The van der Waals surface area contributed by atoms with Crippen molar-refractivity contribution in [1.29, 1.82) is 0 Å². The van der Waals surface area contributed by atoms with Gasteiger partial charge in [0.2, 0.25) is 0 Å². The number of hydrogen-bond donors (Lipinski definition) is 2. The fourth-order valence-corrected chi connectivity index (χ4v) is 3.37. The summed E-state index contributed by atoms with van der Waals surface area (Å²) in [5, 5.41) is 4.93. The second kappa shape index (κ2) is 7.78. The van der Waals surface area contributed by atoms with Gasteiger partial charge in [-0.2, -0.15) is 5.10 Å². The number of halogens is 2. The van der Waals surface area contributed by atoms with Crippen LogP contribution in [0.1, 0.15) is 16.1 Å². The van der Waals surface area contributed by atoms with Gasteiger partial charge in [-0.1, -0.05) is 58.4 Å². The lowest BCUT2D eigenvalue weighted by Gasteiger charge is -2.04. The van der Waals surface area contributed by atoms with Crippen LogP contribution in [-0.4, -0.2) is 17.1 Å². The molecule has 0 aliphatic carbocycles. The number of benzene rings is 3. The average Bonchev–Trinajstić information content (AvgIpc) is 3.09. The van der Waals surface area contributed by atoms with Gasteiger partial charge in [-0.3, -0.25) is 4.79 Å². The largest absolute Gasteiger partial charge is 0.350 e. The fourth-order valence-electron chi connectivity index (χ4n) is 3.01. The van der Waals surface area contributed by atoms with Gasteiger partial charge >= 0.3 is 0 Å². The smallest absolute Gasteiger partial charge is 0.288 e. The molecule has 1 amide bonds. The number of amides is 1. The quantitative estimate of drug-likeness (QED) is 0.322. The van der Waals surface area contributed by atoms with E-state index < -0.39 is 0 Å². The van der Waals surface area contributed by atoms with Gasteiger partial charge in [0.05, 0.1) is 6.21 Å². The number of fused-ring (bicyclic) bond motifs is 1. The molecule has 0 saturated heterocycles. The lowest BCUT2D eigenvalue weighted by atomic mass is 10.0. The first kappa shape index (κ1) is 18.1. The van der Waals surface area contributed by atoms with Gasteiger partial charge in [-0.05, 0) is 41.5 Å². The zero-order chi connectivity index (χ0) is 19.5. The summed E-state index contributed by atoms with van der Waals surface area (Å²) in [7, 11) is 0. The molecule has 4 rings (SSSR count). The average molecular weight is 436 g/mol. The number of H-pyrrole nitrogens is 1. The van der Waals surface area contributed by atoms with Crippen molar-refractivity contribution in [2.24, 2.45) is 5.10 Å². The third kappa shape index (κ3) is 3.73. The highest BCUT2D eigenvalue weighted by Gasteiger charge is 2.19. The Labute approximate surface area is 169 Å². The Morgan fingerprint density at radius 3 is 2.54 bits per heavy atom. The number of rotatable bonds is 4. The summed E-state index contributed by atoms with van der Waals surface area (Å²) < 4.78 is 13.9. The van der Waals surface area contributed by atoms with Crippen molar-refractivity contribution in [3.05, 3.63) is 94.3 Å². The SMILES string of the molecule is O=C(NN=Cc1ccc(F)cc1)c1[nH]c2ccc(Br)cc2c1-c1ccccc1. The summed E-state index contributed by atoms with van der Waals surface area (Å²) in [6, 6.07) is 21.4. The van der Waals surface area contributed by atoms with Crippen LogP contribution >= 0.6 is 15.9 Å². The van der Waals surface area contributed by atoms with Gasteiger partial charge in [0.1, 0.15) is 11.5 Å². The van der Waals surface area contributed by atoms with Crippen LogP contribution in [0.5, 0.6) is 0 Å². The van der Waals surface area contributed by atoms with Crippen molar-refractivity contribution in [2.75, 3.05) is 0 Å². The Balaban J connectivity index is 1.69. The number of aromatic nitrogens is 1. The van der Waals surface area contributed by atoms with Crippen molar-refractivity contribution in [3.63, 3.8) is 0 Å². The standard InChI is InChI=1S/C22H15BrFN3O/c23-16-8-11-19-18(12-16)20(15-4-2-1-3-5-15)21(26-19)22(28)27-25-13-14-6-9-17(24)10-7-14/h1-13,26H,(H,27,28). The molecule has 138 valence electrons. The van der Waals surface area contributed by atoms with Gasteiger partial charge in [0.15, 0.2) is 0 Å². The normalized spacial score (nSPS) is 11.2. The van der Waals surface area contributed by atoms with Gasteiger partial charge in [-0.25, -0.2) is 9.82 Å². The van der Waals surface area contributed by atoms with E-state index in [4.69, 9.17) is 0 Å². The summed E-state index contributed by atoms with van der Waals surface area (Å²) in [6.45, 7) is 0. The number of carbonyl (C=O) groups is 1. The molecule has 0 atom stereocenters. The van der Waals surface area contributed by atoms with Crippen molar-refractivity contribution in [1.82, 2.24) is 10.4 Å². The van der Waals surface area contributed by atoms with Crippen LogP contribution in [0.25, 0.3) is 22.0 Å². The third-order valence-electron chi connectivity index (χ3n) is 4.30. The van der Waals surface area contributed by atoms with Crippen LogP contribution < -0.4 is 5.43 Å². The lowest BCUT2D eigenvalue weighted by molar-refractivity contribution is 0.0951. The molecule has 1 aromatic heterocycles. The number of hydrazone groups is 1. The molecular formula is C22H15BrFN3O. The van der Waals surface area contributed by atoms with Gasteiger partial charge in [-0.15, -0.1) is 0 Å². The molecule has 6 heteroatoms. The Morgan fingerprint density at radius 2 is 1.79 bits per heavy atom. The van der Waals surface area contributed by atoms with E-state index in [1.54, 1.807) is 12.1 Å². The highest BCUT2D eigenvalue weighted by atomic mass is 79.9. The molecule has 0 saturated carbocycles. The van der Waals surface area contributed by atoms with E-state index in [1.165, 1.54) is 18.3 Å². The van der Waals surface area contributed by atoms with Gasteiger partial charge in [0.25, 0.3) is 5.91 Å². The van der Waals surface area contributed by atoms with E-state index in [0.29, 0.717) is 11.3 Å². The molecule has 4 nitrogen and oxygen atoms in total. The molecule has 0 unspecified atom stereocenters. The molecule has 0 spiro atoms. The summed E-state index contributed by atoms with van der Waals surface area (Å²) in [5.41, 5.74) is 6.25. The second-order valence-electron chi connectivity index (χ2n) is 6.18. The third-order valence-corrected chi connectivity index (χ3v) is 4.79. The van der Waals surface area contributed by atoms with E-state index in [0.717, 1.165) is 26.5 Å². The molecule has 3 aromatic carbocycles. The summed E-state index contributed by atoms with van der Waals surface area (Å²) in [4.78, 5) is 16.0. The minimum Gasteiger partial charge on any atom is -0.350 e. The summed E-state index contributed by atoms with van der Waals surface area (Å²) >= 11 is 3.49. The predicted molar refractivity (Wildman–Crippen MR) is 113 cm³/mol. The van der Waals surface area contributed by atoms with Crippen molar-refractivity contribution >= 4 is 39.0 Å². The van der Waals surface area contributed by atoms with E-state index in [-0.39, 0.29) is 11.7 Å². The van der Waals surface area contributed by atoms with E-state index in [9.17, 15) is 9.18 Å². The highest BCUT2D eigenvalue weighted by molar-refractivity contribution is 9.10. The maximum Gasteiger partial charge on any atom is 0.288 e. The van der Waals surface area contributed by atoms with Crippen LogP contribution in [-0.2, 0) is 0 Å². The zero-order valence-electron chi connectivity index (χ0n) is 14.6. The first-order valence-electron chi connectivity index (χ1n) is 8.57. The molecule has 28 heavy (non-hydrogen) atoms. The molecule has 4 aromatic rings. The fraction of sp³-hybridized carbons (Fsp3) is 0. The van der Waals surface area contributed by atoms with Crippen LogP contribution in [0.15, 0.2) is 82.4 Å². The molecule has 0 aliphatic rings. The molecule has 0 radical (unpaired) electrons. The molecule has 0 aliphatic heterocycles. The summed E-state index contributed by atoms with van der Waals surface area (Å²) in [5.74, 6) is -0.678. The van der Waals surface area contributed by atoms with E-state index >= 15 is 0 Å². The predicted octanol–water partition coefficient (Wildman–Crippen LogP) is 5.50. The zero-order valence-corrected chi connectivity index (χ0v) is 16.2. The highest BCUT2D eigenvalue weighted by Crippen LogP contribution is 2.34. The molecular weight excluding hydrogens is 421 g/mol. The molecule has 2 N–H and O–H groups in total. The summed E-state index contributed by atoms with van der Waals surface area (Å²) in [6.07, 6.45) is 1.47. The number of nitrogens with zero attached hydrogens (tertiary/aromatic N) is 1. The van der Waals surface area contributed by atoms with E-state index in [1.807, 2.05) is 48.5 Å². The van der Waals surface area contributed by atoms with Crippen LogP contribution in [0.3, 0.4) is 0 Å².